The van der Waals surface area contributed by atoms with Gasteiger partial charge < -0.3 is 25.2 Å². The number of nitrogen functional groups attached to an aromatic ring is 1. The number of nitrogens with two attached hydrogens (primary N) is 1. The fourth-order valence-corrected chi connectivity index (χ4v) is 8.95. The standard InChI is InChI=1S/C30H37N9O2S/c1-17(21-8-6-12-37(21)2)39-29-20(16-33-39)28(38(3)13-14-40)34-27(35-29)24-18-7-4-10-30(25(18)41-36-24)11-5-9-22-23(30)19(15-31)26(32)42-22/h16-17,21,40H,4-14,32H2,1-3H3. The van der Waals surface area contributed by atoms with Crippen LogP contribution in [0.2, 0.25) is 0 Å². The molecular formula is C30H37N9O2S. The van der Waals surface area contributed by atoms with E-state index in [1.165, 1.54) is 11.3 Å². The number of nitriles is 1. The summed E-state index contributed by atoms with van der Waals surface area (Å²) >= 11 is 1.54. The van der Waals surface area contributed by atoms with Crippen LogP contribution in [0.25, 0.3) is 22.6 Å². The van der Waals surface area contributed by atoms with Gasteiger partial charge in [0.15, 0.2) is 22.9 Å². The molecule has 1 aliphatic heterocycles. The van der Waals surface area contributed by atoms with E-state index in [4.69, 9.17) is 25.3 Å². The van der Waals surface area contributed by atoms with Crippen molar-refractivity contribution < 1.29 is 9.63 Å². The second-order valence-electron chi connectivity index (χ2n) is 12.2. The zero-order valence-electron chi connectivity index (χ0n) is 24.4. The molecule has 0 aromatic carbocycles. The zero-order chi connectivity index (χ0) is 29.2. The molecule has 3 atom stereocenters. The number of thiophene rings is 1. The van der Waals surface area contributed by atoms with Crippen LogP contribution in [0.1, 0.15) is 78.8 Å². The topological polar surface area (TPSA) is 146 Å². The lowest BCUT2D eigenvalue weighted by Crippen LogP contribution is -2.35. The molecular weight excluding hydrogens is 550 g/mol. The number of likely N-dealkylation sites (tertiary alicyclic amines) is 1. The summed E-state index contributed by atoms with van der Waals surface area (Å²) in [5, 5.41) is 30.7. The largest absolute Gasteiger partial charge is 0.395 e. The second-order valence-corrected chi connectivity index (χ2v) is 13.3. The molecule has 3 N–H and O–H groups in total. The van der Waals surface area contributed by atoms with Crippen LogP contribution in [0.4, 0.5) is 10.8 Å². The molecule has 4 aromatic rings. The molecule has 11 nitrogen and oxygen atoms in total. The first-order chi connectivity index (χ1) is 20.4. The molecule has 5 heterocycles. The van der Waals surface area contributed by atoms with E-state index in [2.05, 4.69) is 30.1 Å². The van der Waals surface area contributed by atoms with E-state index in [1.54, 1.807) is 11.3 Å². The van der Waals surface area contributed by atoms with Crippen LogP contribution in [0.3, 0.4) is 0 Å². The van der Waals surface area contributed by atoms with Gasteiger partial charge in [-0.25, -0.2) is 14.6 Å². The first kappa shape index (κ1) is 27.3. The molecule has 220 valence electrons. The van der Waals surface area contributed by atoms with E-state index in [-0.39, 0.29) is 12.6 Å². The molecule has 1 saturated heterocycles. The lowest BCUT2D eigenvalue weighted by Gasteiger charge is -2.39. The van der Waals surface area contributed by atoms with Gasteiger partial charge in [0.1, 0.15) is 16.9 Å². The molecule has 1 spiro atoms. The molecule has 4 aromatic heterocycles. The number of nitrogens with zero attached hydrogens (tertiary/aromatic N) is 8. The SMILES string of the molecule is CC(C1CCCN1C)n1ncc2c(N(C)CCO)nc(-c3noc4c3CCCC43CCCc4sc(N)c(C#N)c43)nc21. The fourth-order valence-electron chi connectivity index (χ4n) is 7.79. The smallest absolute Gasteiger partial charge is 0.186 e. The van der Waals surface area contributed by atoms with Crippen LogP contribution in [0.5, 0.6) is 0 Å². The van der Waals surface area contributed by atoms with E-state index < -0.39 is 5.41 Å². The predicted octanol–water partition coefficient (Wildman–Crippen LogP) is 4.04. The summed E-state index contributed by atoms with van der Waals surface area (Å²) in [6.45, 7) is 3.72. The summed E-state index contributed by atoms with van der Waals surface area (Å²) in [5.74, 6) is 2.05. The summed E-state index contributed by atoms with van der Waals surface area (Å²) in [6.07, 6.45) is 9.63. The van der Waals surface area contributed by atoms with Gasteiger partial charge in [-0.3, -0.25) is 0 Å². The van der Waals surface area contributed by atoms with Crippen molar-refractivity contribution in [3.05, 3.63) is 33.5 Å². The van der Waals surface area contributed by atoms with Crippen molar-refractivity contribution >= 4 is 33.2 Å². The first-order valence-electron chi connectivity index (χ1n) is 15.0. The molecule has 3 aliphatic rings. The van der Waals surface area contributed by atoms with Crippen LogP contribution in [-0.2, 0) is 18.3 Å². The minimum atomic E-state index is -0.407. The number of hydrogen-bond donors (Lipinski definition) is 2. The van der Waals surface area contributed by atoms with Crippen LogP contribution in [0, 0.1) is 11.3 Å². The minimum absolute atomic E-state index is 0.00392. The van der Waals surface area contributed by atoms with Crippen molar-refractivity contribution in [2.75, 3.05) is 44.4 Å². The highest BCUT2D eigenvalue weighted by atomic mass is 32.1. The number of aliphatic hydroxyl groups is 1. The number of aliphatic hydroxyl groups excluding tert-OH is 1. The van der Waals surface area contributed by atoms with Gasteiger partial charge in [0.2, 0.25) is 0 Å². The molecule has 0 saturated carbocycles. The van der Waals surface area contributed by atoms with Gasteiger partial charge in [0.05, 0.1) is 35.2 Å². The predicted molar refractivity (Wildman–Crippen MR) is 162 cm³/mol. The van der Waals surface area contributed by atoms with Crippen molar-refractivity contribution in [2.45, 2.75) is 75.8 Å². The van der Waals surface area contributed by atoms with Gasteiger partial charge >= 0.3 is 0 Å². The average Bonchev–Trinajstić information content (AvgIpc) is 3.77. The molecule has 0 bridgehead atoms. The van der Waals surface area contributed by atoms with Crippen molar-refractivity contribution in [3.63, 3.8) is 0 Å². The molecule has 3 unspecified atom stereocenters. The van der Waals surface area contributed by atoms with E-state index in [0.29, 0.717) is 40.5 Å². The van der Waals surface area contributed by atoms with Gasteiger partial charge in [-0.2, -0.15) is 10.4 Å². The van der Waals surface area contributed by atoms with Crippen molar-refractivity contribution in [3.8, 4) is 17.6 Å². The normalized spacial score (nSPS) is 22.8. The van der Waals surface area contributed by atoms with Gasteiger partial charge in [0, 0.05) is 30.1 Å². The molecule has 12 heteroatoms. The zero-order valence-corrected chi connectivity index (χ0v) is 25.2. The van der Waals surface area contributed by atoms with Crippen LogP contribution < -0.4 is 10.6 Å². The van der Waals surface area contributed by atoms with E-state index in [1.807, 2.05) is 22.8 Å². The lowest BCUT2D eigenvalue weighted by atomic mass is 9.63. The molecule has 42 heavy (non-hydrogen) atoms. The summed E-state index contributed by atoms with van der Waals surface area (Å²) in [5.41, 5.74) is 10.0. The summed E-state index contributed by atoms with van der Waals surface area (Å²) in [6, 6.07) is 2.89. The molecule has 7 rings (SSSR count). The minimum Gasteiger partial charge on any atom is -0.395 e. The summed E-state index contributed by atoms with van der Waals surface area (Å²) in [4.78, 5) is 15.7. The Morgan fingerprint density at radius 2 is 2.10 bits per heavy atom. The number of likely N-dealkylation sites (N-methyl/N-ethyl adjacent to an activating group) is 2. The third-order valence-electron chi connectivity index (χ3n) is 9.82. The highest BCUT2D eigenvalue weighted by molar-refractivity contribution is 7.16. The summed E-state index contributed by atoms with van der Waals surface area (Å²) < 4.78 is 8.28. The number of fused-ring (bicyclic) bond motifs is 5. The Bertz CT molecular complexity index is 1700. The van der Waals surface area contributed by atoms with Gasteiger partial charge in [0.25, 0.3) is 0 Å². The molecule has 0 radical (unpaired) electrons. The third-order valence-corrected chi connectivity index (χ3v) is 10.9. The molecule has 1 fully saturated rings. The van der Waals surface area contributed by atoms with Gasteiger partial charge in [-0.05, 0) is 77.4 Å². The van der Waals surface area contributed by atoms with Gasteiger partial charge in [-0.1, -0.05) is 5.16 Å². The third kappa shape index (κ3) is 3.97. The van der Waals surface area contributed by atoms with Crippen molar-refractivity contribution in [1.29, 1.82) is 5.26 Å². The number of anilines is 2. The number of rotatable bonds is 6. The van der Waals surface area contributed by atoms with E-state index >= 15 is 0 Å². The number of aromatic nitrogens is 5. The summed E-state index contributed by atoms with van der Waals surface area (Å²) in [7, 11) is 4.10. The van der Waals surface area contributed by atoms with Crippen LogP contribution >= 0.6 is 11.3 Å². The maximum atomic E-state index is 10.1. The number of aryl methyl sites for hydroxylation is 1. The van der Waals surface area contributed by atoms with Crippen molar-refractivity contribution in [2.24, 2.45) is 0 Å². The molecule has 0 amide bonds. The van der Waals surface area contributed by atoms with E-state index in [9.17, 15) is 10.4 Å². The van der Waals surface area contributed by atoms with Crippen molar-refractivity contribution in [1.82, 2.24) is 29.8 Å². The first-order valence-corrected chi connectivity index (χ1v) is 15.8. The number of hydrogen-bond acceptors (Lipinski definition) is 11. The monoisotopic (exact) mass is 587 g/mol. The maximum absolute atomic E-state index is 10.1. The average molecular weight is 588 g/mol. The Kier molecular flexibility index (Phi) is 6.72. The highest BCUT2D eigenvalue weighted by Crippen LogP contribution is 2.55. The Hall–Kier alpha value is -3.53. The fraction of sp³-hybridized carbons (Fsp3) is 0.567. The van der Waals surface area contributed by atoms with Gasteiger partial charge in [-0.15, -0.1) is 11.3 Å². The Morgan fingerprint density at radius 3 is 2.83 bits per heavy atom. The Balaban J connectivity index is 1.39. The lowest BCUT2D eigenvalue weighted by molar-refractivity contribution is 0.232. The van der Waals surface area contributed by atoms with Crippen LogP contribution in [-0.4, -0.2) is 74.7 Å². The maximum Gasteiger partial charge on any atom is 0.186 e. The van der Waals surface area contributed by atoms with Crippen LogP contribution in [0.15, 0.2) is 10.7 Å². The Morgan fingerprint density at radius 1 is 1.29 bits per heavy atom. The van der Waals surface area contributed by atoms with E-state index in [0.717, 1.165) is 79.4 Å². The second kappa shape index (κ2) is 10.3. The molecule has 2 aliphatic carbocycles. The highest BCUT2D eigenvalue weighted by Gasteiger charge is 2.49. The quantitative estimate of drug-likeness (QED) is 0.339. The Labute approximate surface area is 248 Å².